The van der Waals surface area contributed by atoms with Crippen molar-refractivity contribution in [2.24, 2.45) is 0 Å². The maximum atomic E-state index is 15.3. The Labute approximate surface area is 212 Å². The second-order valence-electron chi connectivity index (χ2n) is 8.37. The molecule has 8 nitrogen and oxygen atoms in total. The van der Waals surface area contributed by atoms with Crippen molar-refractivity contribution in [1.82, 2.24) is 19.5 Å². The molecule has 0 unspecified atom stereocenters. The van der Waals surface area contributed by atoms with Crippen LogP contribution in [0.1, 0.15) is 11.3 Å². The molecule has 0 aliphatic carbocycles. The first kappa shape index (κ1) is 23.7. The Hall–Kier alpha value is -5.05. The molecule has 3 aromatic heterocycles. The number of aromatic nitrogens is 4. The number of nitrogen functional groups attached to an aromatic ring is 1. The molecule has 1 amide bonds. The van der Waals surface area contributed by atoms with Gasteiger partial charge in [0.15, 0.2) is 17.4 Å². The summed E-state index contributed by atoms with van der Waals surface area (Å²) in [6.07, 6.45) is 2.60. The highest BCUT2D eigenvalue weighted by Gasteiger charge is 2.22. The number of rotatable bonds is 6. The number of carbonyl (C=O) groups excluding carboxylic acids is 1. The zero-order valence-corrected chi connectivity index (χ0v) is 20.2. The van der Waals surface area contributed by atoms with Crippen molar-refractivity contribution < 1.29 is 13.9 Å². The average molecular weight is 495 g/mol. The fourth-order valence-corrected chi connectivity index (χ4v) is 4.19. The van der Waals surface area contributed by atoms with Crippen LogP contribution in [-0.2, 0) is 4.79 Å². The Morgan fingerprint density at radius 3 is 2.59 bits per heavy atom. The minimum absolute atomic E-state index is 0.0446. The van der Waals surface area contributed by atoms with Crippen LogP contribution in [0.5, 0.6) is 11.6 Å². The summed E-state index contributed by atoms with van der Waals surface area (Å²) in [7, 11) is 0. The molecule has 0 radical (unpaired) electrons. The lowest BCUT2D eigenvalue weighted by molar-refractivity contribution is -0.111. The fourth-order valence-electron chi connectivity index (χ4n) is 4.19. The van der Waals surface area contributed by atoms with Gasteiger partial charge in [0.1, 0.15) is 11.8 Å². The quantitative estimate of drug-likeness (QED) is 0.292. The molecule has 0 spiro atoms. The normalized spacial score (nSPS) is 10.9. The van der Waals surface area contributed by atoms with Crippen molar-refractivity contribution >= 4 is 28.4 Å². The van der Waals surface area contributed by atoms with Crippen LogP contribution in [0.25, 0.3) is 28.0 Å². The first-order chi connectivity index (χ1) is 17.9. The number of hydrogen-bond acceptors (Lipinski definition) is 6. The molecule has 2 aromatic carbocycles. The molecule has 0 bridgehead atoms. The van der Waals surface area contributed by atoms with Gasteiger partial charge in [-0.05, 0) is 55.8 Å². The number of carbonyl (C=O) groups is 1. The number of ether oxygens (including phenoxy) is 1. The Morgan fingerprint density at radius 1 is 1.11 bits per heavy atom. The minimum Gasteiger partial charge on any atom is -0.436 e. The topological polar surface area (TPSA) is 108 Å². The number of aryl methyl sites for hydroxylation is 2. The summed E-state index contributed by atoms with van der Waals surface area (Å²) in [6, 6.07) is 17.2. The van der Waals surface area contributed by atoms with Gasteiger partial charge in [0.2, 0.25) is 11.8 Å². The van der Waals surface area contributed by atoms with Crippen LogP contribution in [-0.4, -0.2) is 25.4 Å². The largest absolute Gasteiger partial charge is 0.436 e. The van der Waals surface area contributed by atoms with E-state index in [2.05, 4.69) is 26.8 Å². The van der Waals surface area contributed by atoms with Gasteiger partial charge >= 0.3 is 0 Å². The van der Waals surface area contributed by atoms with Gasteiger partial charge in [-0.15, -0.1) is 0 Å². The smallest absolute Gasteiger partial charge is 0.247 e. The summed E-state index contributed by atoms with van der Waals surface area (Å²) in [4.78, 5) is 24.5. The first-order valence-corrected chi connectivity index (χ1v) is 11.4. The molecule has 0 saturated carbocycles. The van der Waals surface area contributed by atoms with E-state index in [-0.39, 0.29) is 17.5 Å². The highest BCUT2D eigenvalue weighted by molar-refractivity contribution is 5.99. The second-order valence-corrected chi connectivity index (χ2v) is 8.37. The molecule has 37 heavy (non-hydrogen) atoms. The zero-order valence-electron chi connectivity index (χ0n) is 20.2. The molecule has 0 saturated heterocycles. The molecule has 5 rings (SSSR count). The molecule has 0 atom stereocenters. The highest BCUT2D eigenvalue weighted by Crippen LogP contribution is 2.38. The first-order valence-electron chi connectivity index (χ1n) is 11.4. The van der Waals surface area contributed by atoms with Gasteiger partial charge in [-0.25, -0.2) is 19.3 Å². The van der Waals surface area contributed by atoms with E-state index in [1.165, 1.54) is 18.5 Å². The lowest BCUT2D eigenvalue weighted by Crippen LogP contribution is -2.07. The average Bonchev–Trinajstić information content (AvgIpc) is 3.19. The summed E-state index contributed by atoms with van der Waals surface area (Å²) >= 11 is 0. The molecule has 9 heteroatoms. The molecule has 0 fully saturated rings. The van der Waals surface area contributed by atoms with Gasteiger partial charge in [-0.1, -0.05) is 24.8 Å². The van der Waals surface area contributed by atoms with Crippen molar-refractivity contribution in [3.8, 4) is 28.6 Å². The van der Waals surface area contributed by atoms with E-state index in [1.54, 1.807) is 36.4 Å². The van der Waals surface area contributed by atoms with Crippen molar-refractivity contribution in [3.05, 3.63) is 96.7 Å². The van der Waals surface area contributed by atoms with E-state index < -0.39 is 5.82 Å². The number of benzene rings is 2. The molecular weight excluding hydrogens is 471 g/mol. The summed E-state index contributed by atoms with van der Waals surface area (Å²) in [5, 5.41) is 2.73. The molecule has 3 heterocycles. The highest BCUT2D eigenvalue weighted by atomic mass is 19.1. The number of halogens is 1. The standard InChI is InChI=1S/C28H23FN6O2/c1-4-23(36)34-19-10-8-18(9-11-19)26-17(3)25-27(28(30)32-15-31-25)35(26)20-12-13-22(21(29)14-20)37-24-7-5-6-16(2)33-24/h4-15H,1H2,2-3H3,(H,34,36)(H2,30,31,32). The molecule has 184 valence electrons. The van der Waals surface area contributed by atoms with Gasteiger partial charge in [-0.2, -0.15) is 0 Å². The van der Waals surface area contributed by atoms with Gasteiger partial charge in [0.25, 0.3) is 0 Å². The predicted molar refractivity (Wildman–Crippen MR) is 141 cm³/mol. The number of nitrogens with one attached hydrogen (secondary N) is 1. The Bertz CT molecular complexity index is 1660. The van der Waals surface area contributed by atoms with Gasteiger partial charge in [0, 0.05) is 34.8 Å². The molecule has 3 N–H and O–H groups in total. The van der Waals surface area contributed by atoms with Crippen LogP contribution >= 0.6 is 0 Å². The lowest BCUT2D eigenvalue weighted by Gasteiger charge is -2.14. The van der Waals surface area contributed by atoms with Gasteiger partial charge < -0.3 is 20.4 Å². The number of anilines is 2. The van der Waals surface area contributed by atoms with E-state index >= 15 is 4.39 Å². The predicted octanol–water partition coefficient (Wildman–Crippen LogP) is 5.74. The van der Waals surface area contributed by atoms with Crippen LogP contribution in [0.2, 0.25) is 0 Å². The third-order valence-electron chi connectivity index (χ3n) is 5.87. The van der Waals surface area contributed by atoms with Crippen LogP contribution in [0, 0.1) is 19.7 Å². The molecular formula is C28H23FN6O2. The summed E-state index contributed by atoms with van der Waals surface area (Å²) in [6.45, 7) is 7.22. The molecule has 0 aliphatic heterocycles. The number of nitrogens with two attached hydrogens (primary N) is 1. The number of pyridine rings is 1. The van der Waals surface area contributed by atoms with Crippen molar-refractivity contribution in [2.45, 2.75) is 13.8 Å². The number of hydrogen-bond donors (Lipinski definition) is 2. The van der Waals surface area contributed by atoms with Crippen molar-refractivity contribution in [2.75, 3.05) is 11.1 Å². The Morgan fingerprint density at radius 2 is 1.89 bits per heavy atom. The van der Waals surface area contributed by atoms with E-state index in [0.29, 0.717) is 28.3 Å². The third-order valence-corrected chi connectivity index (χ3v) is 5.87. The van der Waals surface area contributed by atoms with Gasteiger partial charge in [0.05, 0.1) is 11.2 Å². The number of nitrogens with zero attached hydrogens (tertiary/aromatic N) is 4. The van der Waals surface area contributed by atoms with Crippen LogP contribution in [0.15, 0.2) is 79.6 Å². The van der Waals surface area contributed by atoms with Crippen LogP contribution in [0.3, 0.4) is 0 Å². The Balaban J connectivity index is 1.63. The van der Waals surface area contributed by atoms with Crippen LogP contribution < -0.4 is 15.8 Å². The SMILES string of the molecule is C=CC(=O)Nc1ccc(-c2c(C)c3ncnc(N)c3n2-c2ccc(Oc3cccc(C)n3)c(F)c2)cc1. The van der Waals surface area contributed by atoms with E-state index in [9.17, 15) is 4.79 Å². The molecule has 0 aliphatic rings. The summed E-state index contributed by atoms with van der Waals surface area (Å²) in [5.74, 6) is -0.262. The second kappa shape index (κ2) is 9.54. The lowest BCUT2D eigenvalue weighted by atomic mass is 10.1. The van der Waals surface area contributed by atoms with Gasteiger partial charge in [-0.3, -0.25) is 4.79 Å². The van der Waals surface area contributed by atoms with E-state index in [4.69, 9.17) is 10.5 Å². The van der Waals surface area contributed by atoms with E-state index in [0.717, 1.165) is 22.5 Å². The van der Waals surface area contributed by atoms with Crippen molar-refractivity contribution in [1.29, 1.82) is 0 Å². The minimum atomic E-state index is -0.566. The Kier molecular flexibility index (Phi) is 6.10. The number of amides is 1. The summed E-state index contributed by atoms with van der Waals surface area (Å²) in [5.41, 5.74) is 11.8. The maximum Gasteiger partial charge on any atom is 0.247 e. The fraction of sp³-hybridized carbons (Fsp3) is 0.0714. The summed E-state index contributed by atoms with van der Waals surface area (Å²) < 4.78 is 22.8. The number of fused-ring (bicyclic) bond motifs is 1. The van der Waals surface area contributed by atoms with E-state index in [1.807, 2.05) is 36.6 Å². The van der Waals surface area contributed by atoms with Crippen LogP contribution in [0.4, 0.5) is 15.9 Å². The zero-order chi connectivity index (χ0) is 26.1. The maximum absolute atomic E-state index is 15.3. The monoisotopic (exact) mass is 494 g/mol. The molecule has 5 aromatic rings. The van der Waals surface area contributed by atoms with Crippen molar-refractivity contribution in [3.63, 3.8) is 0 Å². The third kappa shape index (κ3) is 4.50.